The molecule has 0 saturated carbocycles. The summed E-state index contributed by atoms with van der Waals surface area (Å²) in [7, 11) is 3.86. The number of rotatable bonds is 6. The topological polar surface area (TPSA) is 46.6 Å². The number of carbonyl (C=O) groups is 2. The molecule has 0 saturated heterocycles. The Morgan fingerprint density at radius 2 is 1.41 bits per heavy atom. The van der Waals surface area contributed by atoms with E-state index < -0.39 is 12.1 Å². The largest absolute Gasteiger partial charge is 0.445 e. The Hall–Kier alpha value is -3.40. The first-order chi connectivity index (χ1) is 13.9. The number of esters is 1. The third kappa shape index (κ3) is 4.72. The maximum Gasteiger partial charge on any atom is 0.339 e. The van der Waals surface area contributed by atoms with Crippen LogP contribution in [0.25, 0.3) is 0 Å². The summed E-state index contributed by atoms with van der Waals surface area (Å²) in [4.78, 5) is 28.0. The zero-order valence-corrected chi connectivity index (χ0v) is 17.2. The lowest BCUT2D eigenvalue weighted by Crippen LogP contribution is -2.20. The maximum atomic E-state index is 13.2. The van der Waals surface area contributed by atoms with Gasteiger partial charge in [-0.3, -0.25) is 4.79 Å². The van der Waals surface area contributed by atoms with Crippen LogP contribution in [0.1, 0.15) is 43.5 Å². The van der Waals surface area contributed by atoms with Crippen molar-refractivity contribution in [2.75, 3.05) is 19.0 Å². The highest BCUT2D eigenvalue weighted by molar-refractivity contribution is 6.02. The van der Waals surface area contributed by atoms with Gasteiger partial charge < -0.3 is 9.64 Å². The number of hydrogen-bond acceptors (Lipinski definition) is 4. The molecule has 0 heterocycles. The third-order valence-electron chi connectivity index (χ3n) is 4.98. The Kier molecular flexibility index (Phi) is 6.13. The number of ketones is 1. The number of benzene rings is 3. The lowest BCUT2D eigenvalue weighted by atomic mass is 9.97. The summed E-state index contributed by atoms with van der Waals surface area (Å²) in [6.45, 7) is 3.96. The van der Waals surface area contributed by atoms with E-state index in [4.69, 9.17) is 4.74 Å². The van der Waals surface area contributed by atoms with Crippen LogP contribution in [-0.2, 0) is 4.74 Å². The van der Waals surface area contributed by atoms with Gasteiger partial charge in [0, 0.05) is 30.9 Å². The van der Waals surface area contributed by atoms with Crippen LogP contribution in [0.5, 0.6) is 0 Å². The Morgan fingerprint density at radius 1 is 0.793 bits per heavy atom. The van der Waals surface area contributed by atoms with Crippen LogP contribution in [-0.4, -0.2) is 25.8 Å². The number of carbonyl (C=O) groups excluding carboxylic acids is 2. The predicted molar refractivity (Wildman–Crippen MR) is 116 cm³/mol. The van der Waals surface area contributed by atoms with E-state index in [1.807, 2.05) is 75.3 Å². The summed E-state index contributed by atoms with van der Waals surface area (Å²) < 4.78 is 5.71. The van der Waals surface area contributed by atoms with E-state index in [1.54, 1.807) is 30.3 Å². The number of hydrogen-bond donors (Lipinski definition) is 0. The number of anilines is 1. The van der Waals surface area contributed by atoms with E-state index in [0.717, 1.165) is 16.8 Å². The van der Waals surface area contributed by atoms with Gasteiger partial charge in [0.1, 0.15) is 0 Å². The van der Waals surface area contributed by atoms with Gasteiger partial charge >= 0.3 is 5.97 Å². The fourth-order valence-corrected chi connectivity index (χ4v) is 3.02. The average Bonchev–Trinajstić information content (AvgIpc) is 2.74. The van der Waals surface area contributed by atoms with E-state index in [1.165, 1.54) is 0 Å². The molecule has 0 amide bonds. The van der Waals surface area contributed by atoms with Crippen molar-refractivity contribution in [3.8, 4) is 0 Å². The van der Waals surface area contributed by atoms with Gasteiger partial charge in [-0.25, -0.2) is 4.79 Å². The Bertz CT molecular complexity index is 1010. The van der Waals surface area contributed by atoms with Crippen molar-refractivity contribution in [2.45, 2.75) is 20.0 Å². The van der Waals surface area contributed by atoms with Crippen LogP contribution in [0.3, 0.4) is 0 Å². The van der Waals surface area contributed by atoms with E-state index in [-0.39, 0.29) is 5.78 Å². The molecule has 3 aromatic carbocycles. The van der Waals surface area contributed by atoms with Gasteiger partial charge in [-0.15, -0.1) is 0 Å². The minimum Gasteiger partial charge on any atom is -0.445 e. The monoisotopic (exact) mass is 387 g/mol. The van der Waals surface area contributed by atoms with E-state index >= 15 is 0 Å². The molecule has 148 valence electrons. The summed E-state index contributed by atoms with van der Waals surface area (Å²) in [6.07, 6.45) is -1.00. The highest BCUT2D eigenvalue weighted by Gasteiger charge is 2.27. The molecule has 0 unspecified atom stereocenters. The Labute approximate surface area is 171 Å². The van der Waals surface area contributed by atoms with Crippen molar-refractivity contribution in [1.82, 2.24) is 0 Å². The molecule has 0 aliphatic carbocycles. The van der Waals surface area contributed by atoms with Gasteiger partial charge in [-0.1, -0.05) is 42.5 Å². The fourth-order valence-electron chi connectivity index (χ4n) is 3.02. The van der Waals surface area contributed by atoms with E-state index in [0.29, 0.717) is 16.7 Å². The van der Waals surface area contributed by atoms with Crippen LogP contribution >= 0.6 is 0 Å². The molecule has 0 N–H and O–H groups in total. The van der Waals surface area contributed by atoms with Crippen molar-refractivity contribution in [3.63, 3.8) is 0 Å². The Balaban J connectivity index is 1.90. The lowest BCUT2D eigenvalue weighted by Gasteiger charge is -2.18. The fraction of sp³-hybridized carbons (Fsp3) is 0.200. The Morgan fingerprint density at radius 3 is 2.00 bits per heavy atom. The normalized spacial score (nSPS) is 11.6. The molecule has 0 bridgehead atoms. The third-order valence-corrected chi connectivity index (χ3v) is 4.98. The van der Waals surface area contributed by atoms with Crippen LogP contribution < -0.4 is 4.90 Å². The van der Waals surface area contributed by atoms with E-state index in [9.17, 15) is 9.59 Å². The summed E-state index contributed by atoms with van der Waals surface area (Å²) in [5.74, 6) is -0.765. The molecule has 4 nitrogen and oxygen atoms in total. The number of nitrogens with zero attached hydrogens (tertiary/aromatic N) is 1. The molecule has 29 heavy (non-hydrogen) atoms. The molecule has 0 aliphatic heterocycles. The smallest absolute Gasteiger partial charge is 0.339 e. The molecule has 4 heteroatoms. The van der Waals surface area contributed by atoms with E-state index in [2.05, 4.69) is 0 Å². The molecular formula is C25H25NO3. The standard InChI is InChI=1S/C25H25NO3/c1-17-10-11-21(16-18(17)2)23(27)24(19-8-6-5-7-9-19)29-25(28)20-12-14-22(15-13-20)26(3)4/h5-16,24H,1-4H3/t24-/m1/s1. The van der Waals surface area contributed by atoms with Gasteiger partial charge in [0.05, 0.1) is 5.56 Å². The highest BCUT2D eigenvalue weighted by Crippen LogP contribution is 2.25. The molecule has 3 aromatic rings. The van der Waals surface area contributed by atoms with Crippen LogP contribution in [0, 0.1) is 13.8 Å². The molecule has 0 fully saturated rings. The first kappa shape index (κ1) is 20.3. The highest BCUT2D eigenvalue weighted by atomic mass is 16.5. The molecule has 0 spiro atoms. The molecule has 0 aromatic heterocycles. The van der Waals surface area contributed by atoms with Crippen molar-refractivity contribution >= 4 is 17.4 Å². The van der Waals surface area contributed by atoms with Crippen molar-refractivity contribution in [1.29, 1.82) is 0 Å². The first-order valence-electron chi connectivity index (χ1n) is 9.51. The second-order valence-electron chi connectivity index (χ2n) is 7.30. The van der Waals surface area contributed by atoms with Crippen molar-refractivity contribution < 1.29 is 14.3 Å². The summed E-state index contributed by atoms with van der Waals surface area (Å²) in [5, 5.41) is 0. The van der Waals surface area contributed by atoms with Gasteiger partial charge in [0.2, 0.25) is 5.78 Å². The maximum absolute atomic E-state index is 13.2. The minimum atomic E-state index is -1.00. The first-order valence-corrected chi connectivity index (χ1v) is 9.51. The average molecular weight is 387 g/mol. The van der Waals surface area contributed by atoms with Crippen LogP contribution in [0.2, 0.25) is 0 Å². The summed E-state index contributed by atoms with van der Waals surface area (Å²) >= 11 is 0. The number of ether oxygens (including phenoxy) is 1. The molecular weight excluding hydrogens is 362 g/mol. The van der Waals surface area contributed by atoms with Gasteiger partial charge in [-0.05, 0) is 55.3 Å². The SMILES string of the molecule is Cc1ccc(C(=O)[C@H](OC(=O)c2ccc(N(C)C)cc2)c2ccccc2)cc1C. The molecule has 3 rings (SSSR count). The zero-order chi connectivity index (χ0) is 21.0. The van der Waals surface area contributed by atoms with Crippen LogP contribution in [0.4, 0.5) is 5.69 Å². The summed E-state index contributed by atoms with van der Waals surface area (Å²) in [6, 6.07) is 21.8. The zero-order valence-electron chi connectivity index (χ0n) is 17.2. The molecule has 0 aliphatic rings. The molecule has 1 atom stereocenters. The predicted octanol–water partition coefficient (Wildman–Crippen LogP) is 5.15. The van der Waals surface area contributed by atoms with Gasteiger partial charge in [0.25, 0.3) is 0 Å². The molecule has 0 radical (unpaired) electrons. The quantitative estimate of drug-likeness (QED) is 0.433. The lowest BCUT2D eigenvalue weighted by molar-refractivity contribution is 0.0280. The van der Waals surface area contributed by atoms with Gasteiger partial charge in [0.15, 0.2) is 6.10 Å². The number of Topliss-reactive ketones (excluding diaryl/α,β-unsaturated/α-hetero) is 1. The van der Waals surface area contributed by atoms with Crippen molar-refractivity contribution in [2.24, 2.45) is 0 Å². The summed E-state index contributed by atoms with van der Waals surface area (Å²) in [5.41, 5.74) is 4.69. The van der Waals surface area contributed by atoms with Crippen molar-refractivity contribution in [3.05, 3.63) is 101 Å². The second-order valence-corrected chi connectivity index (χ2v) is 7.30. The minimum absolute atomic E-state index is 0.238. The van der Waals surface area contributed by atoms with Gasteiger partial charge in [-0.2, -0.15) is 0 Å². The second kappa shape index (κ2) is 8.74. The van der Waals surface area contributed by atoms with Crippen LogP contribution in [0.15, 0.2) is 72.8 Å². The number of aryl methyl sites for hydroxylation is 2.